The zero-order valence-corrected chi connectivity index (χ0v) is 15.4. The van der Waals surface area contributed by atoms with Crippen molar-refractivity contribution in [2.45, 2.75) is 26.2 Å². The molecular formula is C20H22F3N3O2. The summed E-state index contributed by atoms with van der Waals surface area (Å²) in [6, 6.07) is 13.5. The Morgan fingerprint density at radius 1 is 0.929 bits per heavy atom. The van der Waals surface area contributed by atoms with E-state index < -0.39 is 17.8 Å². The Kier molecular flexibility index (Phi) is 7.43. The molecule has 2 rings (SSSR count). The number of benzene rings is 2. The predicted octanol–water partition coefficient (Wildman–Crippen LogP) is 3.55. The van der Waals surface area contributed by atoms with Crippen molar-refractivity contribution in [3.63, 3.8) is 0 Å². The summed E-state index contributed by atoms with van der Waals surface area (Å²) in [5.41, 5.74) is 0.766. The lowest BCUT2D eigenvalue weighted by atomic mass is 10.1. The zero-order valence-electron chi connectivity index (χ0n) is 15.4. The predicted molar refractivity (Wildman–Crippen MR) is 99.2 cm³/mol. The van der Waals surface area contributed by atoms with Crippen LogP contribution in [0.5, 0.6) is 0 Å². The number of alkyl halides is 3. The second-order valence-electron chi connectivity index (χ2n) is 6.12. The number of rotatable bonds is 7. The van der Waals surface area contributed by atoms with Crippen molar-refractivity contribution in [1.29, 1.82) is 0 Å². The minimum atomic E-state index is -4.39. The van der Waals surface area contributed by atoms with Crippen LogP contribution < -0.4 is 10.6 Å². The zero-order chi connectivity index (χ0) is 20.6. The Balaban J connectivity index is 1.77. The first-order chi connectivity index (χ1) is 13.3. The maximum Gasteiger partial charge on any atom is 0.416 e. The van der Waals surface area contributed by atoms with E-state index in [-0.39, 0.29) is 19.0 Å². The number of carbonyl (C=O) groups excluding carboxylic acids is 2. The average Bonchev–Trinajstić information content (AvgIpc) is 2.69. The lowest BCUT2D eigenvalue weighted by molar-refractivity contribution is -0.137. The Labute approximate surface area is 161 Å². The summed E-state index contributed by atoms with van der Waals surface area (Å²) in [4.78, 5) is 25.7. The molecule has 3 amide bonds. The van der Waals surface area contributed by atoms with Gasteiger partial charge in [-0.05, 0) is 30.2 Å². The van der Waals surface area contributed by atoms with Crippen LogP contribution in [0.15, 0.2) is 54.6 Å². The van der Waals surface area contributed by atoms with E-state index in [9.17, 15) is 22.8 Å². The lowest BCUT2D eigenvalue weighted by Gasteiger charge is -2.21. The van der Waals surface area contributed by atoms with Crippen LogP contribution in [0.2, 0.25) is 0 Å². The third kappa shape index (κ3) is 6.61. The van der Waals surface area contributed by atoms with E-state index in [1.165, 1.54) is 12.1 Å². The van der Waals surface area contributed by atoms with Crippen molar-refractivity contribution in [1.82, 2.24) is 15.5 Å². The van der Waals surface area contributed by atoms with E-state index >= 15 is 0 Å². The van der Waals surface area contributed by atoms with Crippen molar-refractivity contribution < 1.29 is 22.8 Å². The molecule has 0 heterocycles. The molecule has 0 radical (unpaired) electrons. The fourth-order valence-corrected chi connectivity index (χ4v) is 2.50. The molecule has 2 aromatic carbocycles. The van der Waals surface area contributed by atoms with Crippen LogP contribution in [-0.4, -0.2) is 29.9 Å². The van der Waals surface area contributed by atoms with Gasteiger partial charge in [-0.25, -0.2) is 4.79 Å². The van der Waals surface area contributed by atoms with Gasteiger partial charge >= 0.3 is 12.2 Å². The molecule has 0 spiro atoms. The van der Waals surface area contributed by atoms with Crippen molar-refractivity contribution in [2.75, 3.05) is 13.1 Å². The van der Waals surface area contributed by atoms with E-state index in [1.807, 2.05) is 37.3 Å². The molecule has 0 fully saturated rings. The number of hydrogen-bond acceptors (Lipinski definition) is 2. The van der Waals surface area contributed by atoms with E-state index in [0.717, 1.165) is 17.7 Å². The number of carbonyl (C=O) groups is 2. The summed E-state index contributed by atoms with van der Waals surface area (Å²) in [5, 5.41) is 4.98. The van der Waals surface area contributed by atoms with Gasteiger partial charge in [0.2, 0.25) is 5.91 Å². The first-order valence-electron chi connectivity index (χ1n) is 8.79. The van der Waals surface area contributed by atoms with E-state index in [0.29, 0.717) is 18.7 Å². The van der Waals surface area contributed by atoms with Crippen LogP contribution in [-0.2, 0) is 24.1 Å². The summed E-state index contributed by atoms with van der Waals surface area (Å²) in [6.07, 6.45) is -4.39. The highest BCUT2D eigenvalue weighted by Gasteiger charge is 2.29. The number of nitrogens with one attached hydrogen (secondary N) is 2. The minimum absolute atomic E-state index is 0.0552. The summed E-state index contributed by atoms with van der Waals surface area (Å²) < 4.78 is 37.6. The highest BCUT2D eigenvalue weighted by molar-refractivity contribution is 5.83. The quantitative estimate of drug-likeness (QED) is 0.756. The number of amides is 3. The molecule has 0 saturated heterocycles. The first-order valence-corrected chi connectivity index (χ1v) is 8.79. The maximum atomic E-state index is 12.5. The van der Waals surface area contributed by atoms with E-state index in [2.05, 4.69) is 10.6 Å². The van der Waals surface area contributed by atoms with Gasteiger partial charge in [-0.1, -0.05) is 42.5 Å². The van der Waals surface area contributed by atoms with Crippen molar-refractivity contribution in [3.05, 3.63) is 71.3 Å². The van der Waals surface area contributed by atoms with Gasteiger partial charge in [0.1, 0.15) is 0 Å². The largest absolute Gasteiger partial charge is 0.416 e. The monoisotopic (exact) mass is 393 g/mol. The van der Waals surface area contributed by atoms with Crippen LogP contribution in [0, 0.1) is 0 Å². The van der Waals surface area contributed by atoms with E-state index in [1.54, 1.807) is 4.90 Å². The molecule has 2 aromatic rings. The highest BCUT2D eigenvalue weighted by atomic mass is 19.4. The topological polar surface area (TPSA) is 61.4 Å². The molecule has 150 valence electrons. The van der Waals surface area contributed by atoms with E-state index in [4.69, 9.17) is 0 Å². The molecule has 0 saturated carbocycles. The Hall–Kier alpha value is -3.03. The molecule has 0 aromatic heterocycles. The normalized spacial score (nSPS) is 11.0. The summed E-state index contributed by atoms with van der Waals surface area (Å²) >= 11 is 0. The van der Waals surface area contributed by atoms with Gasteiger partial charge in [0, 0.05) is 19.6 Å². The molecule has 0 bridgehead atoms. The minimum Gasteiger partial charge on any atom is -0.337 e. The second-order valence-corrected chi connectivity index (χ2v) is 6.12. The van der Waals surface area contributed by atoms with Crippen molar-refractivity contribution >= 4 is 11.9 Å². The average molecular weight is 393 g/mol. The van der Waals surface area contributed by atoms with Gasteiger partial charge in [-0.2, -0.15) is 13.2 Å². The lowest BCUT2D eigenvalue weighted by Crippen LogP contribution is -2.43. The number of hydrogen-bond donors (Lipinski definition) is 2. The van der Waals surface area contributed by atoms with Gasteiger partial charge in [0.25, 0.3) is 0 Å². The van der Waals surface area contributed by atoms with Gasteiger partial charge in [-0.15, -0.1) is 0 Å². The molecule has 8 heteroatoms. The van der Waals surface area contributed by atoms with Crippen molar-refractivity contribution in [3.8, 4) is 0 Å². The first kappa shape index (κ1) is 21.3. The van der Waals surface area contributed by atoms with Gasteiger partial charge in [0.05, 0.1) is 12.1 Å². The fraction of sp³-hybridized carbons (Fsp3) is 0.300. The molecule has 0 aliphatic rings. The third-order valence-corrected chi connectivity index (χ3v) is 4.09. The Bertz CT molecular complexity index is 778. The Morgan fingerprint density at radius 3 is 2.14 bits per heavy atom. The summed E-state index contributed by atoms with van der Waals surface area (Å²) in [5.74, 6) is -0.226. The molecule has 0 aliphatic carbocycles. The standard InChI is InChI=1S/C20H22F3N3O2/c1-2-26(14-16-6-4-3-5-7-16)18(27)13-25-19(28)24-12-15-8-10-17(11-9-15)20(21,22)23/h3-11H,2,12-14H2,1H3,(H2,24,25,28). The third-order valence-electron chi connectivity index (χ3n) is 4.09. The molecule has 0 aliphatic heterocycles. The molecule has 5 nitrogen and oxygen atoms in total. The highest BCUT2D eigenvalue weighted by Crippen LogP contribution is 2.29. The smallest absolute Gasteiger partial charge is 0.337 e. The van der Waals surface area contributed by atoms with Crippen LogP contribution >= 0.6 is 0 Å². The van der Waals surface area contributed by atoms with Crippen LogP contribution in [0.4, 0.5) is 18.0 Å². The number of halogens is 3. The summed E-state index contributed by atoms with van der Waals surface area (Å²) in [6.45, 7) is 2.69. The number of likely N-dealkylation sites (N-methyl/N-ethyl adjacent to an activating group) is 1. The summed E-state index contributed by atoms with van der Waals surface area (Å²) in [7, 11) is 0. The number of urea groups is 1. The van der Waals surface area contributed by atoms with Crippen LogP contribution in [0.3, 0.4) is 0 Å². The van der Waals surface area contributed by atoms with Crippen LogP contribution in [0.25, 0.3) is 0 Å². The molecule has 28 heavy (non-hydrogen) atoms. The maximum absolute atomic E-state index is 12.5. The molecule has 2 N–H and O–H groups in total. The molecule has 0 unspecified atom stereocenters. The molecule has 0 atom stereocenters. The fourth-order valence-electron chi connectivity index (χ4n) is 2.50. The van der Waals surface area contributed by atoms with Gasteiger partial charge in [-0.3, -0.25) is 4.79 Å². The second kappa shape index (κ2) is 9.77. The van der Waals surface area contributed by atoms with Gasteiger partial charge in [0.15, 0.2) is 0 Å². The van der Waals surface area contributed by atoms with Crippen molar-refractivity contribution in [2.24, 2.45) is 0 Å². The number of nitrogens with zero attached hydrogens (tertiary/aromatic N) is 1. The SMILES string of the molecule is CCN(Cc1ccccc1)C(=O)CNC(=O)NCc1ccc(C(F)(F)F)cc1. The molecular weight excluding hydrogens is 371 g/mol. The van der Waals surface area contributed by atoms with Crippen LogP contribution in [0.1, 0.15) is 23.6 Å². The van der Waals surface area contributed by atoms with Gasteiger partial charge < -0.3 is 15.5 Å². The Morgan fingerprint density at radius 2 is 1.57 bits per heavy atom.